The number of hydrogen-bond donors (Lipinski definition) is 1. The van der Waals surface area contributed by atoms with E-state index < -0.39 is 10.0 Å². The van der Waals surface area contributed by atoms with Crippen LogP contribution in [0.1, 0.15) is 12.8 Å². The SMILES string of the molecule is C=CCS(=O)(=O)N1CCC[C@@H](N)C1. The molecule has 5 heteroatoms. The smallest absolute Gasteiger partial charge is 0.217 e. The van der Waals surface area contributed by atoms with E-state index in [0.29, 0.717) is 13.1 Å². The lowest BCUT2D eigenvalue weighted by molar-refractivity contribution is 0.317. The summed E-state index contributed by atoms with van der Waals surface area (Å²) in [7, 11) is -3.13. The second-order valence-corrected chi connectivity index (χ2v) is 5.34. The van der Waals surface area contributed by atoms with Crippen LogP contribution in [0, 0.1) is 0 Å². The van der Waals surface area contributed by atoms with Crippen molar-refractivity contribution < 1.29 is 8.42 Å². The molecule has 2 N–H and O–H groups in total. The fraction of sp³-hybridized carbons (Fsp3) is 0.750. The minimum Gasteiger partial charge on any atom is -0.327 e. The van der Waals surface area contributed by atoms with Crippen LogP contribution < -0.4 is 5.73 Å². The van der Waals surface area contributed by atoms with Crippen LogP contribution in [-0.2, 0) is 10.0 Å². The van der Waals surface area contributed by atoms with Gasteiger partial charge in [-0.25, -0.2) is 12.7 Å². The van der Waals surface area contributed by atoms with Gasteiger partial charge in [-0.05, 0) is 12.8 Å². The van der Waals surface area contributed by atoms with E-state index in [1.165, 1.54) is 10.4 Å². The minimum absolute atomic E-state index is 0.00617. The highest BCUT2D eigenvalue weighted by molar-refractivity contribution is 7.89. The quantitative estimate of drug-likeness (QED) is 0.654. The molecule has 0 aromatic rings. The minimum atomic E-state index is -3.13. The number of rotatable bonds is 3. The highest BCUT2D eigenvalue weighted by Gasteiger charge is 2.25. The average molecular weight is 204 g/mol. The molecule has 1 aliphatic rings. The first-order valence-electron chi connectivity index (χ1n) is 4.40. The average Bonchev–Trinajstić information content (AvgIpc) is 2.04. The summed E-state index contributed by atoms with van der Waals surface area (Å²) in [4.78, 5) is 0. The second-order valence-electron chi connectivity index (χ2n) is 3.33. The van der Waals surface area contributed by atoms with Crippen LogP contribution >= 0.6 is 0 Å². The predicted molar refractivity (Wildman–Crippen MR) is 52.8 cm³/mol. The Balaban J connectivity index is 2.65. The molecule has 1 rings (SSSR count). The first-order valence-corrected chi connectivity index (χ1v) is 6.01. The molecular formula is C8H16N2O2S. The molecule has 0 aromatic carbocycles. The normalized spacial score (nSPS) is 25.8. The molecule has 0 bridgehead atoms. The summed E-state index contributed by atoms with van der Waals surface area (Å²) in [6.45, 7) is 4.48. The van der Waals surface area contributed by atoms with Crippen LogP contribution in [0.25, 0.3) is 0 Å². The first-order chi connectivity index (χ1) is 6.06. The number of nitrogens with zero attached hydrogens (tertiary/aromatic N) is 1. The maximum atomic E-state index is 11.5. The van der Waals surface area contributed by atoms with Gasteiger partial charge in [-0.15, -0.1) is 6.58 Å². The fourth-order valence-corrected chi connectivity index (χ4v) is 2.82. The van der Waals surface area contributed by atoms with E-state index in [-0.39, 0.29) is 11.8 Å². The van der Waals surface area contributed by atoms with E-state index in [0.717, 1.165) is 12.8 Å². The lowest BCUT2D eigenvalue weighted by Crippen LogP contribution is -2.46. The first kappa shape index (κ1) is 10.7. The summed E-state index contributed by atoms with van der Waals surface area (Å²) in [5.74, 6) is 0.0136. The van der Waals surface area contributed by atoms with Gasteiger partial charge in [0.05, 0.1) is 5.75 Å². The van der Waals surface area contributed by atoms with E-state index in [1.54, 1.807) is 0 Å². The Kier molecular flexibility index (Phi) is 3.47. The zero-order valence-electron chi connectivity index (χ0n) is 7.65. The van der Waals surface area contributed by atoms with Crippen LogP contribution in [0.3, 0.4) is 0 Å². The topological polar surface area (TPSA) is 63.4 Å². The van der Waals surface area contributed by atoms with Crippen molar-refractivity contribution in [3.05, 3.63) is 12.7 Å². The molecule has 0 radical (unpaired) electrons. The zero-order valence-corrected chi connectivity index (χ0v) is 8.46. The van der Waals surface area contributed by atoms with Crippen molar-refractivity contribution in [1.29, 1.82) is 0 Å². The molecule has 13 heavy (non-hydrogen) atoms. The van der Waals surface area contributed by atoms with Gasteiger partial charge in [-0.3, -0.25) is 0 Å². The van der Waals surface area contributed by atoms with E-state index in [4.69, 9.17) is 5.73 Å². The molecule has 0 spiro atoms. The maximum Gasteiger partial charge on any atom is 0.217 e. The Bertz CT molecular complexity index is 274. The standard InChI is InChI=1S/C8H16N2O2S/c1-2-6-13(11,12)10-5-3-4-8(9)7-10/h2,8H,1,3-7,9H2/t8-/m1/s1. The van der Waals surface area contributed by atoms with Crippen molar-refractivity contribution in [2.45, 2.75) is 18.9 Å². The predicted octanol–water partition coefficient (Wildman–Crippen LogP) is -0.0747. The fourth-order valence-electron chi connectivity index (χ4n) is 1.48. The van der Waals surface area contributed by atoms with Crippen molar-refractivity contribution in [2.24, 2.45) is 5.73 Å². The molecule has 1 saturated heterocycles. The summed E-state index contributed by atoms with van der Waals surface area (Å²) in [5, 5.41) is 0. The summed E-state index contributed by atoms with van der Waals surface area (Å²) >= 11 is 0. The molecule has 1 atom stereocenters. The molecule has 0 saturated carbocycles. The summed E-state index contributed by atoms with van der Waals surface area (Å²) in [6, 6.07) is -0.00617. The Hall–Kier alpha value is -0.390. The van der Waals surface area contributed by atoms with E-state index in [1.807, 2.05) is 0 Å². The van der Waals surface area contributed by atoms with Gasteiger partial charge in [-0.2, -0.15) is 0 Å². The van der Waals surface area contributed by atoms with Gasteiger partial charge in [0.25, 0.3) is 0 Å². The molecule has 0 unspecified atom stereocenters. The van der Waals surface area contributed by atoms with Crippen LogP contribution in [0.4, 0.5) is 0 Å². The number of piperidine rings is 1. The summed E-state index contributed by atoms with van der Waals surface area (Å²) in [6.07, 6.45) is 3.19. The summed E-state index contributed by atoms with van der Waals surface area (Å²) in [5.41, 5.74) is 5.69. The van der Waals surface area contributed by atoms with Crippen molar-refractivity contribution in [3.8, 4) is 0 Å². The lowest BCUT2D eigenvalue weighted by atomic mass is 10.1. The Labute approximate surface area is 79.5 Å². The van der Waals surface area contributed by atoms with Gasteiger partial charge in [0.2, 0.25) is 10.0 Å². The monoisotopic (exact) mass is 204 g/mol. The van der Waals surface area contributed by atoms with Crippen LogP contribution in [0.5, 0.6) is 0 Å². The van der Waals surface area contributed by atoms with Crippen LogP contribution in [0.15, 0.2) is 12.7 Å². The van der Waals surface area contributed by atoms with E-state index in [9.17, 15) is 8.42 Å². The number of sulfonamides is 1. The third-order valence-electron chi connectivity index (χ3n) is 2.14. The second kappa shape index (κ2) is 4.21. The van der Waals surface area contributed by atoms with Crippen molar-refractivity contribution >= 4 is 10.0 Å². The molecule has 76 valence electrons. The number of hydrogen-bond acceptors (Lipinski definition) is 3. The lowest BCUT2D eigenvalue weighted by Gasteiger charge is -2.29. The summed E-state index contributed by atoms with van der Waals surface area (Å²) < 4.78 is 24.5. The highest BCUT2D eigenvalue weighted by atomic mass is 32.2. The molecule has 4 nitrogen and oxygen atoms in total. The highest BCUT2D eigenvalue weighted by Crippen LogP contribution is 2.12. The Morgan fingerprint density at radius 2 is 2.31 bits per heavy atom. The molecular weight excluding hydrogens is 188 g/mol. The van der Waals surface area contributed by atoms with Crippen molar-refractivity contribution in [3.63, 3.8) is 0 Å². The molecule has 0 aliphatic carbocycles. The van der Waals surface area contributed by atoms with Crippen LogP contribution in [-0.4, -0.2) is 37.6 Å². The number of nitrogens with two attached hydrogens (primary N) is 1. The van der Waals surface area contributed by atoms with Gasteiger partial charge in [0.1, 0.15) is 0 Å². The molecule has 1 heterocycles. The molecule has 1 aliphatic heterocycles. The van der Waals surface area contributed by atoms with Gasteiger partial charge in [0.15, 0.2) is 0 Å². The van der Waals surface area contributed by atoms with Crippen molar-refractivity contribution in [2.75, 3.05) is 18.8 Å². The Morgan fingerprint density at radius 1 is 1.62 bits per heavy atom. The van der Waals surface area contributed by atoms with Crippen molar-refractivity contribution in [1.82, 2.24) is 4.31 Å². The molecule has 1 fully saturated rings. The van der Waals surface area contributed by atoms with E-state index in [2.05, 4.69) is 6.58 Å². The van der Waals surface area contributed by atoms with Gasteiger partial charge >= 0.3 is 0 Å². The van der Waals surface area contributed by atoms with Gasteiger partial charge in [-0.1, -0.05) is 6.08 Å². The third-order valence-corrected chi connectivity index (χ3v) is 3.92. The van der Waals surface area contributed by atoms with Crippen LogP contribution in [0.2, 0.25) is 0 Å². The van der Waals surface area contributed by atoms with E-state index >= 15 is 0 Å². The van der Waals surface area contributed by atoms with Gasteiger partial charge < -0.3 is 5.73 Å². The Morgan fingerprint density at radius 3 is 2.85 bits per heavy atom. The molecule has 0 aromatic heterocycles. The van der Waals surface area contributed by atoms with Gasteiger partial charge in [0, 0.05) is 19.1 Å². The largest absolute Gasteiger partial charge is 0.327 e. The maximum absolute atomic E-state index is 11.5. The third kappa shape index (κ3) is 2.79. The molecule has 0 amide bonds. The zero-order chi connectivity index (χ0) is 9.90.